The van der Waals surface area contributed by atoms with E-state index >= 15 is 0 Å². The van der Waals surface area contributed by atoms with Gasteiger partial charge in [-0.1, -0.05) is 98.6 Å². The van der Waals surface area contributed by atoms with E-state index in [0.29, 0.717) is 17.3 Å². The smallest absolute Gasteiger partial charge is 0.0370 e. The van der Waals surface area contributed by atoms with E-state index in [0.717, 1.165) is 35.6 Å². The van der Waals surface area contributed by atoms with Crippen LogP contribution in [0.1, 0.15) is 68.7 Å². The van der Waals surface area contributed by atoms with Crippen LogP contribution in [0.4, 0.5) is 0 Å². The van der Waals surface area contributed by atoms with Gasteiger partial charge in [-0.3, -0.25) is 0 Å². The fourth-order valence-electron chi connectivity index (χ4n) is 3.62. The van der Waals surface area contributed by atoms with Crippen LogP contribution in [0.15, 0.2) is 72.7 Å². The van der Waals surface area contributed by atoms with Gasteiger partial charge >= 0.3 is 0 Å². The van der Waals surface area contributed by atoms with Crippen LogP contribution in [0.5, 0.6) is 0 Å². The summed E-state index contributed by atoms with van der Waals surface area (Å²) in [7, 11) is 0. The van der Waals surface area contributed by atoms with Crippen LogP contribution in [-0.4, -0.2) is 13.1 Å². The molecule has 2 nitrogen and oxygen atoms in total. The molecule has 0 aliphatic heterocycles. The number of allylic oxidation sites excluding steroid dienone is 6. The van der Waals surface area contributed by atoms with Crippen molar-refractivity contribution in [2.45, 2.75) is 68.7 Å². The van der Waals surface area contributed by atoms with Crippen LogP contribution in [0.3, 0.4) is 0 Å². The SMILES string of the molecule is C=C/C=C(\C=C/C(C)C(CC(C)(C)C)C(C)(C)C)C(=C\C)/NCCNC(=C)C(=C)C. The average molecular weight is 413 g/mol. The molecule has 0 aliphatic carbocycles. The summed E-state index contributed by atoms with van der Waals surface area (Å²) in [5, 5.41) is 6.83. The van der Waals surface area contributed by atoms with E-state index in [9.17, 15) is 0 Å². The zero-order valence-corrected chi connectivity index (χ0v) is 21.3. The quantitative estimate of drug-likeness (QED) is 0.255. The molecule has 170 valence electrons. The highest BCUT2D eigenvalue weighted by Gasteiger charge is 2.32. The molecule has 0 amide bonds. The molecule has 0 aromatic heterocycles. The van der Waals surface area contributed by atoms with Crippen molar-refractivity contribution in [1.82, 2.24) is 10.6 Å². The molecule has 0 saturated heterocycles. The van der Waals surface area contributed by atoms with Gasteiger partial charge in [0, 0.05) is 24.5 Å². The summed E-state index contributed by atoms with van der Waals surface area (Å²) < 4.78 is 0. The summed E-state index contributed by atoms with van der Waals surface area (Å²) in [5.41, 5.74) is 4.70. The molecular formula is C28H48N2. The lowest BCUT2D eigenvalue weighted by molar-refractivity contribution is 0.130. The molecular weight excluding hydrogens is 364 g/mol. The number of nitrogens with one attached hydrogen (secondary N) is 2. The maximum Gasteiger partial charge on any atom is 0.0370 e. The normalized spacial score (nSPS) is 15.6. The van der Waals surface area contributed by atoms with Crippen molar-refractivity contribution in [3.8, 4) is 0 Å². The zero-order valence-electron chi connectivity index (χ0n) is 21.3. The Morgan fingerprint density at radius 2 is 1.57 bits per heavy atom. The third-order valence-corrected chi connectivity index (χ3v) is 5.35. The van der Waals surface area contributed by atoms with Crippen molar-refractivity contribution < 1.29 is 0 Å². The van der Waals surface area contributed by atoms with Crippen LogP contribution in [0.25, 0.3) is 0 Å². The van der Waals surface area contributed by atoms with Gasteiger partial charge < -0.3 is 10.6 Å². The summed E-state index contributed by atoms with van der Waals surface area (Å²) in [6.45, 7) is 33.9. The van der Waals surface area contributed by atoms with Gasteiger partial charge in [-0.05, 0) is 54.1 Å². The van der Waals surface area contributed by atoms with Crippen LogP contribution in [-0.2, 0) is 0 Å². The van der Waals surface area contributed by atoms with Gasteiger partial charge in [-0.25, -0.2) is 0 Å². The Hall–Kier alpha value is -1.96. The van der Waals surface area contributed by atoms with Crippen molar-refractivity contribution in [2.24, 2.45) is 22.7 Å². The molecule has 2 heteroatoms. The molecule has 0 spiro atoms. The topological polar surface area (TPSA) is 24.1 Å². The fraction of sp³-hybridized carbons (Fsp3) is 0.571. The lowest BCUT2D eigenvalue weighted by Crippen LogP contribution is -2.30. The molecule has 0 bridgehead atoms. The highest BCUT2D eigenvalue weighted by atomic mass is 15.0. The van der Waals surface area contributed by atoms with Crippen molar-refractivity contribution in [1.29, 1.82) is 0 Å². The Kier molecular flexibility index (Phi) is 11.8. The predicted octanol–water partition coefficient (Wildman–Crippen LogP) is 7.56. The molecule has 30 heavy (non-hydrogen) atoms. The molecule has 0 fully saturated rings. The van der Waals surface area contributed by atoms with E-state index in [1.165, 1.54) is 6.42 Å². The molecule has 0 aliphatic rings. The van der Waals surface area contributed by atoms with Crippen molar-refractivity contribution in [3.63, 3.8) is 0 Å². The van der Waals surface area contributed by atoms with Gasteiger partial charge in [0.05, 0.1) is 0 Å². The van der Waals surface area contributed by atoms with Gasteiger partial charge in [0.1, 0.15) is 0 Å². The van der Waals surface area contributed by atoms with E-state index in [1.807, 2.05) is 13.0 Å². The van der Waals surface area contributed by atoms with E-state index in [2.05, 4.69) is 110 Å². The summed E-state index contributed by atoms with van der Waals surface area (Å²) in [6.07, 6.45) is 11.9. The van der Waals surface area contributed by atoms with Crippen LogP contribution in [0.2, 0.25) is 0 Å². The maximum atomic E-state index is 3.98. The largest absolute Gasteiger partial charge is 0.384 e. The van der Waals surface area contributed by atoms with Gasteiger partial charge in [-0.15, -0.1) is 0 Å². The lowest BCUT2D eigenvalue weighted by atomic mass is 9.67. The summed E-state index contributed by atoms with van der Waals surface area (Å²) in [6, 6.07) is 0. The first kappa shape index (κ1) is 28.0. The van der Waals surface area contributed by atoms with Crippen LogP contribution in [0, 0.1) is 22.7 Å². The Labute approximate surface area is 188 Å². The highest BCUT2D eigenvalue weighted by molar-refractivity contribution is 5.40. The Morgan fingerprint density at radius 3 is 2.00 bits per heavy atom. The first-order chi connectivity index (χ1) is 13.7. The highest BCUT2D eigenvalue weighted by Crippen LogP contribution is 2.41. The van der Waals surface area contributed by atoms with E-state index < -0.39 is 0 Å². The molecule has 0 radical (unpaired) electrons. The second-order valence-corrected chi connectivity index (χ2v) is 10.6. The number of hydrogen-bond donors (Lipinski definition) is 2. The second-order valence-electron chi connectivity index (χ2n) is 10.6. The minimum atomic E-state index is 0.262. The first-order valence-corrected chi connectivity index (χ1v) is 11.2. The number of rotatable bonds is 12. The van der Waals surface area contributed by atoms with Crippen molar-refractivity contribution >= 4 is 0 Å². The minimum Gasteiger partial charge on any atom is -0.384 e. The van der Waals surface area contributed by atoms with E-state index in [-0.39, 0.29) is 5.41 Å². The fourth-order valence-corrected chi connectivity index (χ4v) is 3.62. The van der Waals surface area contributed by atoms with Gasteiger partial charge in [0.2, 0.25) is 0 Å². The van der Waals surface area contributed by atoms with Crippen molar-refractivity contribution in [2.75, 3.05) is 13.1 Å². The lowest BCUT2D eigenvalue weighted by Gasteiger charge is -2.38. The third-order valence-electron chi connectivity index (χ3n) is 5.35. The minimum absolute atomic E-state index is 0.262. The molecule has 0 saturated carbocycles. The molecule has 2 atom stereocenters. The molecule has 2 unspecified atom stereocenters. The average Bonchev–Trinajstić information content (AvgIpc) is 2.61. The van der Waals surface area contributed by atoms with Crippen molar-refractivity contribution in [3.05, 3.63) is 72.7 Å². The Bertz CT molecular complexity index is 660. The summed E-state index contributed by atoms with van der Waals surface area (Å²) >= 11 is 0. The molecule has 2 N–H and O–H groups in total. The first-order valence-electron chi connectivity index (χ1n) is 11.2. The van der Waals surface area contributed by atoms with Gasteiger partial charge in [-0.2, -0.15) is 0 Å². The summed E-state index contributed by atoms with van der Waals surface area (Å²) in [5.74, 6) is 1.09. The molecule has 0 aromatic carbocycles. The molecule has 0 rings (SSSR count). The van der Waals surface area contributed by atoms with Crippen LogP contribution >= 0.6 is 0 Å². The molecule has 0 aromatic rings. The van der Waals surface area contributed by atoms with Crippen LogP contribution < -0.4 is 10.6 Å². The zero-order chi connectivity index (χ0) is 23.5. The Balaban J connectivity index is 5.28. The maximum absolute atomic E-state index is 3.98. The number of hydrogen-bond acceptors (Lipinski definition) is 2. The van der Waals surface area contributed by atoms with E-state index in [1.54, 1.807) is 0 Å². The van der Waals surface area contributed by atoms with E-state index in [4.69, 9.17) is 0 Å². The summed E-state index contributed by atoms with van der Waals surface area (Å²) in [4.78, 5) is 0. The van der Waals surface area contributed by atoms with Gasteiger partial charge in [0.25, 0.3) is 0 Å². The standard InChI is InChI=1S/C28H48N2/c1-13-15-24(26(14-2)30-19-18-29-23(6)21(3)4)17-16-22(5)25(28(10,11)12)20-27(7,8)9/h13-17,22,25,29-30H,1,3,6,18-20H2,2,4-5,7-12H3/b17-16-,24-15+,26-14+. The predicted molar refractivity (Wildman–Crippen MR) is 137 cm³/mol. The third kappa shape index (κ3) is 11.3. The monoisotopic (exact) mass is 412 g/mol. The van der Waals surface area contributed by atoms with Gasteiger partial charge in [0.15, 0.2) is 0 Å². The molecule has 0 heterocycles. The second kappa shape index (κ2) is 12.7. The Morgan fingerprint density at radius 1 is 1.00 bits per heavy atom.